The lowest BCUT2D eigenvalue weighted by Crippen LogP contribution is -2.35. The molecule has 0 aliphatic carbocycles. The van der Waals surface area contributed by atoms with Crippen LogP contribution in [0.5, 0.6) is 11.5 Å². The molecule has 0 aromatic heterocycles. The molecule has 0 saturated heterocycles. The van der Waals surface area contributed by atoms with Crippen molar-refractivity contribution in [3.63, 3.8) is 0 Å². The Kier molecular flexibility index (Phi) is 5.83. The molecule has 5 heteroatoms. The van der Waals surface area contributed by atoms with Crippen LogP contribution < -0.4 is 14.8 Å². The molecule has 22 heavy (non-hydrogen) atoms. The minimum absolute atomic E-state index is 0.175. The molecule has 2 rings (SSSR count). The molecule has 1 unspecified atom stereocenters. The van der Waals surface area contributed by atoms with E-state index in [2.05, 4.69) is 21.2 Å². The molecule has 2 aromatic rings. The highest BCUT2D eigenvalue weighted by molar-refractivity contribution is 9.10. The summed E-state index contributed by atoms with van der Waals surface area (Å²) < 4.78 is 11.8. The Hall–Kier alpha value is -2.01. The monoisotopic (exact) mass is 363 g/mol. The van der Waals surface area contributed by atoms with Gasteiger partial charge in [-0.1, -0.05) is 40.2 Å². The quantitative estimate of drug-likeness (QED) is 0.853. The number of amides is 1. The summed E-state index contributed by atoms with van der Waals surface area (Å²) in [6.07, 6.45) is -0.580. The van der Waals surface area contributed by atoms with E-state index in [1.165, 1.54) is 0 Å². The van der Waals surface area contributed by atoms with E-state index in [1.807, 2.05) is 48.5 Å². The van der Waals surface area contributed by atoms with Crippen LogP contribution in [-0.4, -0.2) is 19.1 Å². The Bertz CT molecular complexity index is 645. The summed E-state index contributed by atoms with van der Waals surface area (Å²) in [5.74, 6) is 1.23. The highest BCUT2D eigenvalue weighted by atomic mass is 79.9. The van der Waals surface area contributed by atoms with Gasteiger partial charge in [0.2, 0.25) is 0 Å². The van der Waals surface area contributed by atoms with Crippen LogP contribution in [0.4, 0.5) is 0 Å². The van der Waals surface area contributed by atoms with Gasteiger partial charge in [0.15, 0.2) is 6.10 Å². The lowest BCUT2D eigenvalue weighted by Gasteiger charge is -2.15. The summed E-state index contributed by atoms with van der Waals surface area (Å²) in [6, 6.07) is 15.0. The predicted molar refractivity (Wildman–Crippen MR) is 89.1 cm³/mol. The minimum atomic E-state index is -0.580. The fourth-order valence-electron chi connectivity index (χ4n) is 1.97. The highest BCUT2D eigenvalue weighted by Crippen LogP contribution is 2.19. The van der Waals surface area contributed by atoms with E-state index in [4.69, 9.17) is 9.47 Å². The number of halogens is 1. The molecule has 1 atom stereocenters. The van der Waals surface area contributed by atoms with Crippen molar-refractivity contribution >= 4 is 21.8 Å². The van der Waals surface area contributed by atoms with Crippen molar-refractivity contribution in [3.05, 3.63) is 58.6 Å². The molecule has 116 valence electrons. The van der Waals surface area contributed by atoms with E-state index in [0.29, 0.717) is 12.3 Å². The van der Waals surface area contributed by atoms with Gasteiger partial charge < -0.3 is 14.8 Å². The molecule has 0 radical (unpaired) electrons. The number of benzene rings is 2. The van der Waals surface area contributed by atoms with Crippen LogP contribution in [0.2, 0.25) is 0 Å². The summed E-state index contributed by atoms with van der Waals surface area (Å²) in [4.78, 5) is 12.1. The number of methoxy groups -OCH3 is 1. The largest absolute Gasteiger partial charge is 0.496 e. The highest BCUT2D eigenvalue weighted by Gasteiger charge is 2.15. The van der Waals surface area contributed by atoms with Gasteiger partial charge in [-0.25, -0.2) is 0 Å². The number of carbonyl (C=O) groups excluding carboxylic acids is 1. The fraction of sp³-hybridized carbons (Fsp3) is 0.235. The Morgan fingerprint density at radius 3 is 2.73 bits per heavy atom. The maximum Gasteiger partial charge on any atom is 0.261 e. The van der Waals surface area contributed by atoms with Crippen LogP contribution in [0.3, 0.4) is 0 Å². The molecular formula is C17H18BrNO3. The molecule has 0 saturated carbocycles. The molecule has 0 aliphatic rings. The van der Waals surface area contributed by atoms with E-state index in [0.717, 1.165) is 15.8 Å². The third-order valence-electron chi connectivity index (χ3n) is 3.12. The van der Waals surface area contributed by atoms with E-state index >= 15 is 0 Å². The number of carbonyl (C=O) groups is 1. The lowest BCUT2D eigenvalue weighted by atomic mass is 10.2. The molecular weight excluding hydrogens is 346 g/mol. The third kappa shape index (κ3) is 4.49. The molecule has 1 N–H and O–H groups in total. The van der Waals surface area contributed by atoms with Crippen molar-refractivity contribution in [1.29, 1.82) is 0 Å². The number of ether oxygens (including phenoxy) is 2. The summed E-state index contributed by atoms with van der Waals surface area (Å²) in [6.45, 7) is 2.12. The first kappa shape index (κ1) is 16.4. The average molecular weight is 364 g/mol. The zero-order valence-electron chi connectivity index (χ0n) is 12.5. The summed E-state index contributed by atoms with van der Waals surface area (Å²) in [5.41, 5.74) is 0.924. The Labute approximate surface area is 138 Å². The molecule has 0 spiro atoms. The minimum Gasteiger partial charge on any atom is -0.496 e. The zero-order chi connectivity index (χ0) is 15.9. The van der Waals surface area contributed by atoms with Crippen LogP contribution in [0.1, 0.15) is 12.5 Å². The molecule has 2 aromatic carbocycles. The van der Waals surface area contributed by atoms with Gasteiger partial charge in [-0.15, -0.1) is 0 Å². The summed E-state index contributed by atoms with van der Waals surface area (Å²) in [7, 11) is 1.61. The van der Waals surface area contributed by atoms with Gasteiger partial charge in [-0.05, 0) is 31.2 Å². The van der Waals surface area contributed by atoms with Gasteiger partial charge in [0.25, 0.3) is 5.91 Å². The SMILES string of the molecule is COc1ccccc1CNC(=O)C(C)Oc1cccc(Br)c1. The number of nitrogens with one attached hydrogen (secondary N) is 1. The van der Waals surface area contributed by atoms with Gasteiger partial charge in [0, 0.05) is 16.6 Å². The van der Waals surface area contributed by atoms with Gasteiger partial charge in [0.1, 0.15) is 11.5 Å². The first-order chi connectivity index (χ1) is 10.6. The molecule has 0 aliphatic heterocycles. The predicted octanol–water partition coefficient (Wildman–Crippen LogP) is 3.54. The molecule has 0 heterocycles. The smallest absolute Gasteiger partial charge is 0.261 e. The number of rotatable bonds is 6. The van der Waals surface area contributed by atoms with E-state index in [1.54, 1.807) is 14.0 Å². The molecule has 4 nitrogen and oxygen atoms in total. The summed E-state index contributed by atoms with van der Waals surface area (Å²) in [5, 5.41) is 2.85. The summed E-state index contributed by atoms with van der Waals surface area (Å²) >= 11 is 3.37. The van der Waals surface area contributed by atoms with Gasteiger partial charge in [-0.3, -0.25) is 4.79 Å². The van der Waals surface area contributed by atoms with Crippen molar-refractivity contribution in [3.8, 4) is 11.5 Å². The third-order valence-corrected chi connectivity index (χ3v) is 3.62. The number of hydrogen-bond acceptors (Lipinski definition) is 3. The van der Waals surface area contributed by atoms with E-state index in [-0.39, 0.29) is 5.91 Å². The average Bonchev–Trinajstić information content (AvgIpc) is 2.52. The van der Waals surface area contributed by atoms with E-state index in [9.17, 15) is 4.79 Å². The molecule has 1 amide bonds. The Morgan fingerprint density at radius 1 is 1.23 bits per heavy atom. The van der Waals surface area contributed by atoms with Gasteiger partial charge >= 0.3 is 0 Å². The van der Waals surface area contributed by atoms with Crippen molar-refractivity contribution in [2.24, 2.45) is 0 Å². The number of hydrogen-bond donors (Lipinski definition) is 1. The van der Waals surface area contributed by atoms with Crippen LogP contribution in [0.15, 0.2) is 53.0 Å². The first-order valence-corrected chi connectivity index (χ1v) is 7.71. The maximum absolute atomic E-state index is 12.1. The second kappa shape index (κ2) is 7.84. The topological polar surface area (TPSA) is 47.6 Å². The molecule has 0 fully saturated rings. The lowest BCUT2D eigenvalue weighted by molar-refractivity contribution is -0.127. The number of para-hydroxylation sites is 1. The standard InChI is InChI=1S/C17H18BrNO3/c1-12(22-15-8-5-7-14(18)10-15)17(20)19-11-13-6-3-4-9-16(13)21-2/h3-10,12H,11H2,1-2H3,(H,19,20). The van der Waals surface area contributed by atoms with Crippen LogP contribution >= 0.6 is 15.9 Å². The molecule has 0 bridgehead atoms. The van der Waals surface area contributed by atoms with Crippen molar-refractivity contribution < 1.29 is 14.3 Å². The Morgan fingerprint density at radius 2 is 2.00 bits per heavy atom. The van der Waals surface area contributed by atoms with Crippen LogP contribution in [-0.2, 0) is 11.3 Å². The second-order valence-electron chi connectivity index (χ2n) is 4.75. The first-order valence-electron chi connectivity index (χ1n) is 6.92. The van der Waals surface area contributed by atoms with Crippen LogP contribution in [0, 0.1) is 0 Å². The Balaban J connectivity index is 1.91. The van der Waals surface area contributed by atoms with Crippen molar-refractivity contribution in [2.45, 2.75) is 19.6 Å². The zero-order valence-corrected chi connectivity index (χ0v) is 14.1. The van der Waals surface area contributed by atoms with Crippen molar-refractivity contribution in [2.75, 3.05) is 7.11 Å². The van der Waals surface area contributed by atoms with E-state index < -0.39 is 6.10 Å². The normalized spacial score (nSPS) is 11.6. The van der Waals surface area contributed by atoms with Crippen LogP contribution in [0.25, 0.3) is 0 Å². The fourth-order valence-corrected chi connectivity index (χ4v) is 2.35. The maximum atomic E-state index is 12.1. The van der Waals surface area contributed by atoms with Gasteiger partial charge in [-0.2, -0.15) is 0 Å². The van der Waals surface area contributed by atoms with Gasteiger partial charge in [0.05, 0.1) is 7.11 Å². The second-order valence-corrected chi connectivity index (χ2v) is 5.66. The van der Waals surface area contributed by atoms with Crippen molar-refractivity contribution in [1.82, 2.24) is 5.32 Å².